The van der Waals surface area contributed by atoms with Crippen molar-refractivity contribution < 1.29 is 9.18 Å². The number of halogens is 1. The first-order chi connectivity index (χ1) is 12.6. The summed E-state index contributed by atoms with van der Waals surface area (Å²) in [4.78, 5) is 27.0. The first-order valence-electron chi connectivity index (χ1n) is 8.16. The second-order valence-electron chi connectivity index (χ2n) is 6.08. The van der Waals surface area contributed by atoms with E-state index >= 15 is 0 Å². The Bertz CT molecular complexity index is 1020. The molecule has 1 fully saturated rings. The molecular formula is C16H16FN7O2. The predicted octanol–water partition coefficient (Wildman–Crippen LogP) is 1.11. The standard InChI is InChI=1S/C16H16FN7O2/c1-21-13(7-8-18-21)14-6-3-9-22(14)15(25)24-16(26)23(19-20-24)12-5-2-4-11(17)10-12/h2,4-5,7-8,10,14H,3,6,9H2,1H3. The predicted molar refractivity (Wildman–Crippen MR) is 88.3 cm³/mol. The molecule has 26 heavy (non-hydrogen) atoms. The van der Waals surface area contributed by atoms with Crippen LogP contribution in [0.1, 0.15) is 24.6 Å². The van der Waals surface area contributed by atoms with Crippen LogP contribution in [-0.4, -0.2) is 47.0 Å². The number of likely N-dealkylation sites (tertiary alicyclic amines) is 1. The molecular weight excluding hydrogens is 341 g/mol. The first kappa shape index (κ1) is 16.2. The monoisotopic (exact) mass is 357 g/mol. The van der Waals surface area contributed by atoms with Gasteiger partial charge in [-0.05, 0) is 47.5 Å². The molecule has 0 bridgehead atoms. The fourth-order valence-electron chi connectivity index (χ4n) is 3.27. The van der Waals surface area contributed by atoms with Gasteiger partial charge in [0, 0.05) is 19.8 Å². The molecule has 3 heterocycles. The largest absolute Gasteiger partial charge is 0.377 e. The van der Waals surface area contributed by atoms with Gasteiger partial charge in [0.05, 0.1) is 17.4 Å². The van der Waals surface area contributed by atoms with Crippen molar-refractivity contribution in [3.05, 3.63) is 58.5 Å². The van der Waals surface area contributed by atoms with E-state index in [1.807, 2.05) is 13.1 Å². The van der Waals surface area contributed by atoms with Crippen LogP contribution < -0.4 is 5.69 Å². The van der Waals surface area contributed by atoms with Crippen LogP contribution in [0.5, 0.6) is 0 Å². The van der Waals surface area contributed by atoms with E-state index in [9.17, 15) is 14.0 Å². The van der Waals surface area contributed by atoms with Gasteiger partial charge in [0.25, 0.3) is 0 Å². The molecule has 1 unspecified atom stereocenters. The lowest BCUT2D eigenvalue weighted by atomic mass is 10.1. The third-order valence-electron chi connectivity index (χ3n) is 4.51. The van der Waals surface area contributed by atoms with Crippen LogP contribution in [0.2, 0.25) is 0 Å². The highest BCUT2D eigenvalue weighted by Crippen LogP contribution is 2.31. The summed E-state index contributed by atoms with van der Waals surface area (Å²) in [5.41, 5.74) is 0.358. The van der Waals surface area contributed by atoms with Crippen LogP contribution >= 0.6 is 0 Å². The molecule has 1 aromatic carbocycles. The third kappa shape index (κ3) is 2.59. The third-order valence-corrected chi connectivity index (χ3v) is 4.51. The van der Waals surface area contributed by atoms with Gasteiger partial charge in [0.15, 0.2) is 0 Å². The van der Waals surface area contributed by atoms with Gasteiger partial charge in [-0.3, -0.25) is 4.68 Å². The number of hydrogen-bond acceptors (Lipinski definition) is 5. The number of aryl methyl sites for hydroxylation is 1. The minimum atomic E-state index is -0.740. The number of hydrogen-bond donors (Lipinski definition) is 0. The number of amides is 1. The van der Waals surface area contributed by atoms with Crippen molar-refractivity contribution in [2.24, 2.45) is 7.05 Å². The molecule has 10 heteroatoms. The van der Waals surface area contributed by atoms with Crippen molar-refractivity contribution in [1.82, 2.24) is 34.5 Å². The van der Waals surface area contributed by atoms with Crippen LogP contribution in [0, 0.1) is 5.82 Å². The quantitative estimate of drug-likeness (QED) is 0.641. The number of carbonyl (C=O) groups is 1. The van der Waals surface area contributed by atoms with E-state index in [2.05, 4.69) is 15.5 Å². The van der Waals surface area contributed by atoms with Gasteiger partial charge >= 0.3 is 11.7 Å². The summed E-state index contributed by atoms with van der Waals surface area (Å²) >= 11 is 0. The summed E-state index contributed by atoms with van der Waals surface area (Å²) in [5, 5.41) is 11.5. The lowest BCUT2D eigenvalue weighted by Gasteiger charge is -2.23. The zero-order valence-corrected chi connectivity index (χ0v) is 14.0. The maximum Gasteiger partial charge on any atom is 0.377 e. The zero-order valence-electron chi connectivity index (χ0n) is 14.0. The van der Waals surface area contributed by atoms with Crippen molar-refractivity contribution in [3.8, 4) is 5.69 Å². The fourth-order valence-corrected chi connectivity index (χ4v) is 3.27. The van der Waals surface area contributed by atoms with E-state index in [0.29, 0.717) is 11.2 Å². The van der Waals surface area contributed by atoms with E-state index in [0.717, 1.165) is 29.3 Å². The summed E-state index contributed by atoms with van der Waals surface area (Å²) in [6, 6.07) is 6.50. The Hall–Kier alpha value is -3.30. The molecule has 0 radical (unpaired) electrons. The molecule has 1 amide bonds. The number of rotatable bonds is 2. The summed E-state index contributed by atoms with van der Waals surface area (Å²) in [7, 11) is 1.81. The molecule has 2 aromatic heterocycles. The Morgan fingerprint density at radius 2 is 2.12 bits per heavy atom. The molecule has 0 N–H and O–H groups in total. The fraction of sp³-hybridized carbons (Fsp3) is 0.312. The summed E-state index contributed by atoms with van der Waals surface area (Å²) < 4.78 is 16.7. The lowest BCUT2D eigenvalue weighted by molar-refractivity contribution is 0.188. The molecule has 1 aliphatic rings. The van der Waals surface area contributed by atoms with Gasteiger partial charge in [-0.2, -0.15) is 9.78 Å². The van der Waals surface area contributed by atoms with E-state index < -0.39 is 17.5 Å². The van der Waals surface area contributed by atoms with E-state index in [1.54, 1.807) is 15.8 Å². The van der Waals surface area contributed by atoms with Crippen LogP contribution in [0.3, 0.4) is 0 Å². The lowest BCUT2D eigenvalue weighted by Crippen LogP contribution is -2.41. The van der Waals surface area contributed by atoms with Crippen molar-refractivity contribution in [2.75, 3.05) is 6.54 Å². The summed E-state index contributed by atoms with van der Waals surface area (Å²) in [5.74, 6) is -0.508. The summed E-state index contributed by atoms with van der Waals surface area (Å²) in [6.45, 7) is 0.508. The average molecular weight is 357 g/mol. The number of benzene rings is 1. The molecule has 0 spiro atoms. The van der Waals surface area contributed by atoms with Gasteiger partial charge in [0.2, 0.25) is 0 Å². The Kier molecular flexibility index (Phi) is 3.86. The molecule has 0 saturated carbocycles. The Balaban J connectivity index is 1.67. The topological polar surface area (TPSA) is 90.8 Å². The zero-order chi connectivity index (χ0) is 18.3. The van der Waals surface area contributed by atoms with Gasteiger partial charge in [-0.25, -0.2) is 14.0 Å². The highest BCUT2D eigenvalue weighted by Gasteiger charge is 2.34. The normalized spacial score (nSPS) is 17.0. The number of nitrogens with zero attached hydrogens (tertiary/aromatic N) is 7. The van der Waals surface area contributed by atoms with E-state index in [4.69, 9.17) is 0 Å². The van der Waals surface area contributed by atoms with Gasteiger partial charge < -0.3 is 4.90 Å². The second-order valence-corrected chi connectivity index (χ2v) is 6.08. The molecule has 1 atom stereocenters. The Morgan fingerprint density at radius 3 is 2.85 bits per heavy atom. The Morgan fingerprint density at radius 1 is 1.27 bits per heavy atom. The number of aromatic nitrogens is 6. The average Bonchev–Trinajstić information content (AvgIpc) is 3.33. The summed E-state index contributed by atoms with van der Waals surface area (Å²) in [6.07, 6.45) is 3.26. The van der Waals surface area contributed by atoms with Gasteiger partial charge in [-0.15, -0.1) is 4.68 Å². The maximum absolute atomic E-state index is 13.4. The minimum absolute atomic E-state index is 0.179. The number of carbonyl (C=O) groups excluding carboxylic acids is 1. The highest BCUT2D eigenvalue weighted by atomic mass is 19.1. The van der Waals surface area contributed by atoms with Gasteiger partial charge in [-0.1, -0.05) is 6.07 Å². The number of tetrazole rings is 1. The van der Waals surface area contributed by atoms with Crippen LogP contribution in [0.4, 0.5) is 9.18 Å². The van der Waals surface area contributed by atoms with E-state index in [1.165, 1.54) is 18.2 Å². The van der Waals surface area contributed by atoms with Crippen molar-refractivity contribution in [3.63, 3.8) is 0 Å². The minimum Gasteiger partial charge on any atom is -0.314 e. The van der Waals surface area contributed by atoms with Gasteiger partial charge in [0.1, 0.15) is 5.82 Å². The van der Waals surface area contributed by atoms with Crippen molar-refractivity contribution in [1.29, 1.82) is 0 Å². The van der Waals surface area contributed by atoms with Crippen molar-refractivity contribution in [2.45, 2.75) is 18.9 Å². The highest BCUT2D eigenvalue weighted by molar-refractivity contribution is 5.76. The SMILES string of the molecule is Cn1nccc1C1CCCN1C(=O)n1nnn(-c2cccc(F)c2)c1=O. The molecule has 1 aliphatic heterocycles. The molecule has 0 aliphatic carbocycles. The Labute approximate surface area is 147 Å². The maximum atomic E-state index is 13.4. The molecule has 1 saturated heterocycles. The van der Waals surface area contributed by atoms with E-state index in [-0.39, 0.29) is 11.7 Å². The molecule has 9 nitrogen and oxygen atoms in total. The molecule has 4 rings (SSSR count). The smallest absolute Gasteiger partial charge is 0.314 e. The molecule has 134 valence electrons. The van der Waals surface area contributed by atoms with Crippen LogP contribution in [0.25, 0.3) is 5.69 Å². The van der Waals surface area contributed by atoms with Crippen LogP contribution in [-0.2, 0) is 7.05 Å². The molecule has 3 aromatic rings. The van der Waals surface area contributed by atoms with Crippen LogP contribution in [0.15, 0.2) is 41.3 Å². The second kappa shape index (κ2) is 6.21. The first-order valence-corrected chi connectivity index (χ1v) is 8.16. The van der Waals surface area contributed by atoms with Crippen molar-refractivity contribution >= 4 is 6.03 Å².